The zero-order valence-corrected chi connectivity index (χ0v) is 12.2. The number of aliphatic carboxylic acids is 1. The molecule has 1 fully saturated rings. The number of carbonyl (C=O) groups is 2. The van der Waals surface area contributed by atoms with Crippen molar-refractivity contribution in [3.05, 3.63) is 29.8 Å². The molecule has 1 atom stereocenters. The average Bonchev–Trinajstić information content (AvgIpc) is 2.92. The first-order chi connectivity index (χ1) is 10.1. The number of hydrogen-bond acceptors (Lipinski definition) is 3. The van der Waals surface area contributed by atoms with Crippen LogP contribution in [0.15, 0.2) is 24.3 Å². The van der Waals surface area contributed by atoms with Crippen molar-refractivity contribution in [3.8, 4) is 5.75 Å². The predicted octanol–water partition coefficient (Wildman–Crippen LogP) is 2.09. The minimum atomic E-state index is -0.840. The van der Waals surface area contributed by atoms with Gasteiger partial charge in [0, 0.05) is 19.0 Å². The summed E-state index contributed by atoms with van der Waals surface area (Å²) in [6, 6.07) is 7.53. The molecule has 1 N–H and O–H groups in total. The fraction of sp³-hybridized carbons (Fsp3) is 0.500. The van der Waals surface area contributed by atoms with E-state index in [1.165, 1.54) is 0 Å². The first-order valence-electron chi connectivity index (χ1n) is 7.24. The summed E-state index contributed by atoms with van der Waals surface area (Å²) >= 11 is 0. The Morgan fingerprint density at radius 2 is 2.24 bits per heavy atom. The predicted molar refractivity (Wildman–Crippen MR) is 78.3 cm³/mol. The van der Waals surface area contributed by atoms with Crippen molar-refractivity contribution < 1.29 is 19.4 Å². The van der Waals surface area contributed by atoms with Gasteiger partial charge in [-0.15, -0.1) is 0 Å². The monoisotopic (exact) mass is 291 g/mol. The fourth-order valence-electron chi connectivity index (χ4n) is 2.80. The van der Waals surface area contributed by atoms with Gasteiger partial charge in [-0.25, -0.2) is 0 Å². The number of carbonyl (C=O) groups excluding carboxylic acids is 1. The van der Waals surface area contributed by atoms with Gasteiger partial charge in [-0.1, -0.05) is 12.1 Å². The molecule has 0 aromatic heterocycles. The summed E-state index contributed by atoms with van der Waals surface area (Å²) in [5.41, 5.74) is 1.05. The molecule has 5 nitrogen and oxygen atoms in total. The Hall–Kier alpha value is -2.04. The summed E-state index contributed by atoms with van der Waals surface area (Å²) in [6.45, 7) is 0.675. The van der Waals surface area contributed by atoms with E-state index < -0.39 is 5.97 Å². The van der Waals surface area contributed by atoms with Crippen molar-refractivity contribution in [2.75, 3.05) is 13.7 Å². The maximum atomic E-state index is 12.3. The molecule has 0 radical (unpaired) electrons. The molecule has 0 bridgehead atoms. The number of rotatable bonds is 6. The topological polar surface area (TPSA) is 66.8 Å². The zero-order chi connectivity index (χ0) is 15.2. The highest BCUT2D eigenvalue weighted by Gasteiger charge is 2.29. The van der Waals surface area contributed by atoms with Crippen LogP contribution in [0.5, 0.6) is 5.75 Å². The van der Waals surface area contributed by atoms with E-state index in [9.17, 15) is 9.59 Å². The third-order valence-corrected chi connectivity index (χ3v) is 3.87. The highest BCUT2D eigenvalue weighted by molar-refractivity contribution is 5.78. The lowest BCUT2D eigenvalue weighted by molar-refractivity contribution is -0.139. The first-order valence-corrected chi connectivity index (χ1v) is 7.24. The summed E-state index contributed by atoms with van der Waals surface area (Å²) in [4.78, 5) is 24.8. The van der Waals surface area contributed by atoms with Crippen molar-refractivity contribution in [1.82, 2.24) is 4.90 Å². The molecule has 0 spiro atoms. The molecule has 2 rings (SSSR count). The molecule has 0 saturated carbocycles. The molecule has 1 aromatic rings. The van der Waals surface area contributed by atoms with Crippen molar-refractivity contribution in [2.24, 2.45) is 0 Å². The van der Waals surface area contributed by atoms with E-state index in [0.717, 1.165) is 24.2 Å². The van der Waals surface area contributed by atoms with Gasteiger partial charge < -0.3 is 14.7 Å². The summed E-state index contributed by atoms with van der Waals surface area (Å²) in [7, 11) is 1.62. The third kappa shape index (κ3) is 4.21. The quantitative estimate of drug-likeness (QED) is 0.871. The van der Waals surface area contributed by atoms with E-state index in [-0.39, 0.29) is 18.4 Å². The van der Waals surface area contributed by atoms with Crippen LogP contribution >= 0.6 is 0 Å². The molecule has 1 heterocycles. The van der Waals surface area contributed by atoms with E-state index in [2.05, 4.69) is 0 Å². The van der Waals surface area contributed by atoms with Crippen LogP contribution in [0.4, 0.5) is 0 Å². The Bertz CT molecular complexity index is 515. The van der Waals surface area contributed by atoms with Crippen LogP contribution in [0.3, 0.4) is 0 Å². The number of methoxy groups -OCH3 is 1. The van der Waals surface area contributed by atoms with Crippen LogP contribution in [-0.2, 0) is 16.0 Å². The molecule has 21 heavy (non-hydrogen) atoms. The Morgan fingerprint density at radius 1 is 1.43 bits per heavy atom. The van der Waals surface area contributed by atoms with E-state index in [1.807, 2.05) is 24.3 Å². The van der Waals surface area contributed by atoms with Crippen molar-refractivity contribution in [3.63, 3.8) is 0 Å². The number of carboxylic acids is 1. The maximum absolute atomic E-state index is 12.3. The summed E-state index contributed by atoms with van der Waals surface area (Å²) in [6.07, 6.45) is 2.78. The smallest absolute Gasteiger partial charge is 0.305 e. The Kier molecular flexibility index (Phi) is 5.20. The lowest BCUT2D eigenvalue weighted by Gasteiger charge is -2.23. The number of carboxylic acid groups (broad SMARTS) is 1. The second-order valence-electron chi connectivity index (χ2n) is 5.33. The number of amides is 1. The number of benzene rings is 1. The normalized spacial score (nSPS) is 17.8. The average molecular weight is 291 g/mol. The van der Waals surface area contributed by atoms with Crippen LogP contribution in [0.1, 0.15) is 31.2 Å². The molecule has 1 amide bonds. The Labute approximate surface area is 124 Å². The molecule has 1 aliphatic heterocycles. The summed E-state index contributed by atoms with van der Waals surface area (Å²) < 4.78 is 5.16. The molecule has 1 aliphatic rings. The first kappa shape index (κ1) is 15.4. The van der Waals surface area contributed by atoms with Crippen LogP contribution < -0.4 is 4.74 Å². The molecule has 1 aromatic carbocycles. The van der Waals surface area contributed by atoms with Crippen molar-refractivity contribution >= 4 is 11.9 Å². The van der Waals surface area contributed by atoms with Gasteiger partial charge in [-0.05, 0) is 37.0 Å². The molecule has 1 saturated heterocycles. The van der Waals surface area contributed by atoms with E-state index in [4.69, 9.17) is 9.84 Å². The maximum Gasteiger partial charge on any atom is 0.305 e. The zero-order valence-electron chi connectivity index (χ0n) is 12.2. The molecule has 0 aliphatic carbocycles. The van der Waals surface area contributed by atoms with E-state index >= 15 is 0 Å². The number of hydrogen-bond donors (Lipinski definition) is 1. The Morgan fingerprint density at radius 3 is 2.95 bits per heavy atom. The fourth-order valence-corrected chi connectivity index (χ4v) is 2.80. The minimum Gasteiger partial charge on any atom is -0.497 e. The molecule has 1 unspecified atom stereocenters. The van der Waals surface area contributed by atoms with Crippen LogP contribution in [0, 0.1) is 0 Å². The largest absolute Gasteiger partial charge is 0.497 e. The molecule has 114 valence electrons. The number of ether oxygens (including phenoxy) is 1. The van der Waals surface area contributed by atoms with Gasteiger partial charge in [0.1, 0.15) is 5.75 Å². The van der Waals surface area contributed by atoms with Crippen molar-refractivity contribution in [1.29, 1.82) is 0 Å². The van der Waals surface area contributed by atoms with Gasteiger partial charge in [0.15, 0.2) is 0 Å². The van der Waals surface area contributed by atoms with Gasteiger partial charge in [0.25, 0.3) is 0 Å². The molecular weight excluding hydrogens is 270 g/mol. The number of likely N-dealkylation sites (tertiary alicyclic amines) is 1. The van der Waals surface area contributed by atoms with Gasteiger partial charge in [0.05, 0.1) is 13.5 Å². The lowest BCUT2D eigenvalue weighted by Crippen LogP contribution is -2.36. The highest BCUT2D eigenvalue weighted by atomic mass is 16.5. The van der Waals surface area contributed by atoms with E-state index in [0.29, 0.717) is 19.4 Å². The van der Waals surface area contributed by atoms with Crippen LogP contribution in [0.25, 0.3) is 0 Å². The summed E-state index contributed by atoms with van der Waals surface area (Å²) in [5, 5.41) is 8.89. The van der Waals surface area contributed by atoms with Gasteiger partial charge in [-0.3, -0.25) is 9.59 Å². The molecule has 5 heteroatoms. The van der Waals surface area contributed by atoms with Gasteiger partial charge in [-0.2, -0.15) is 0 Å². The second kappa shape index (κ2) is 7.11. The van der Waals surface area contributed by atoms with Crippen LogP contribution in [0.2, 0.25) is 0 Å². The van der Waals surface area contributed by atoms with E-state index in [1.54, 1.807) is 12.0 Å². The third-order valence-electron chi connectivity index (χ3n) is 3.87. The van der Waals surface area contributed by atoms with Gasteiger partial charge >= 0.3 is 5.97 Å². The lowest BCUT2D eigenvalue weighted by atomic mass is 10.1. The standard InChI is InChI=1S/C16H21NO4/c1-21-14-6-2-4-12(10-14)7-8-15(18)17-9-3-5-13(17)11-16(19)20/h2,4,6,10,13H,3,5,7-9,11H2,1H3,(H,19,20). The Balaban J connectivity index is 1.90. The highest BCUT2D eigenvalue weighted by Crippen LogP contribution is 2.22. The minimum absolute atomic E-state index is 0.0431. The molecular formula is C16H21NO4. The van der Waals surface area contributed by atoms with Crippen molar-refractivity contribution in [2.45, 2.75) is 38.1 Å². The number of nitrogens with zero attached hydrogens (tertiary/aromatic N) is 1. The number of aryl methyl sites for hydroxylation is 1. The SMILES string of the molecule is COc1cccc(CCC(=O)N2CCCC2CC(=O)O)c1. The second-order valence-corrected chi connectivity index (χ2v) is 5.33. The van der Waals surface area contributed by atoms with Gasteiger partial charge in [0.2, 0.25) is 5.91 Å². The summed E-state index contributed by atoms with van der Waals surface area (Å²) in [5.74, 6) is -0.0149. The van der Waals surface area contributed by atoms with Crippen LogP contribution in [-0.4, -0.2) is 41.6 Å².